The molecule has 2 aromatic heterocycles. The second kappa shape index (κ2) is 14.8. The lowest BCUT2D eigenvalue weighted by atomic mass is 9.84. The summed E-state index contributed by atoms with van der Waals surface area (Å²) in [5.41, 5.74) is 15.5. The number of nitrogens with one attached hydrogen (secondary N) is 4. The summed E-state index contributed by atoms with van der Waals surface area (Å²) in [4.78, 5) is 34.1. The minimum Gasteiger partial charge on any atom is -0.468 e. The van der Waals surface area contributed by atoms with E-state index in [1.54, 1.807) is 0 Å². The Labute approximate surface area is 302 Å². The highest BCUT2D eigenvalue weighted by Gasteiger charge is 2.48. The second-order valence-electron chi connectivity index (χ2n) is 14.9. The van der Waals surface area contributed by atoms with Gasteiger partial charge >= 0.3 is 11.9 Å². The molecule has 9 heteroatoms. The van der Waals surface area contributed by atoms with Gasteiger partial charge in [0.25, 0.3) is 0 Å². The van der Waals surface area contributed by atoms with Gasteiger partial charge in [-0.1, -0.05) is 39.7 Å². The first-order chi connectivity index (χ1) is 24.4. The Morgan fingerprint density at radius 1 is 1.00 bits per heavy atom. The molecule has 1 fully saturated rings. The lowest BCUT2D eigenvalue weighted by Crippen LogP contribution is -2.24. The zero-order valence-corrected chi connectivity index (χ0v) is 31.9. The Hall–Kier alpha value is -4.24. The van der Waals surface area contributed by atoms with Crippen LogP contribution in [0.3, 0.4) is 0 Å². The van der Waals surface area contributed by atoms with E-state index >= 15 is 0 Å². The molecule has 1 saturated heterocycles. The van der Waals surface area contributed by atoms with Crippen LogP contribution >= 0.6 is 0 Å². The van der Waals surface area contributed by atoms with E-state index < -0.39 is 18.0 Å². The maximum absolute atomic E-state index is 13.5. The fourth-order valence-corrected chi connectivity index (χ4v) is 8.91. The number of methoxy groups -OCH3 is 1. The van der Waals surface area contributed by atoms with Crippen LogP contribution in [0.15, 0.2) is 46.1 Å². The molecule has 1 aliphatic carbocycles. The van der Waals surface area contributed by atoms with Crippen LogP contribution in [0.2, 0.25) is 0 Å². The van der Waals surface area contributed by atoms with Gasteiger partial charge in [0, 0.05) is 81.6 Å². The van der Waals surface area contributed by atoms with Gasteiger partial charge in [-0.3, -0.25) is 9.59 Å². The van der Waals surface area contributed by atoms with Crippen molar-refractivity contribution in [2.24, 2.45) is 23.7 Å². The summed E-state index contributed by atoms with van der Waals surface area (Å²) in [6.45, 7) is 17.5. The number of carbonyl (C=O) groups is 2. The van der Waals surface area contributed by atoms with Crippen LogP contribution in [0, 0.1) is 37.5 Å². The van der Waals surface area contributed by atoms with Gasteiger partial charge in [-0.25, -0.2) is 0 Å². The van der Waals surface area contributed by atoms with E-state index in [9.17, 15) is 14.7 Å². The van der Waals surface area contributed by atoms with Gasteiger partial charge in [0.05, 0.1) is 18.9 Å². The summed E-state index contributed by atoms with van der Waals surface area (Å²) in [6.07, 6.45) is 10.7. The average Bonchev–Trinajstić information content (AvgIpc) is 3.84. The van der Waals surface area contributed by atoms with E-state index in [4.69, 9.17) is 9.47 Å². The van der Waals surface area contributed by atoms with Gasteiger partial charge in [0.2, 0.25) is 0 Å². The molecule has 0 amide bonds. The Bertz CT molecular complexity index is 1880. The van der Waals surface area contributed by atoms with Crippen molar-refractivity contribution in [2.75, 3.05) is 13.7 Å². The minimum absolute atomic E-state index is 0.00666. The molecular formula is C42H56N4O5. The Balaban J connectivity index is 1.50. The molecule has 3 aliphatic heterocycles. The smallest absolute Gasteiger partial charge is 0.316 e. The van der Waals surface area contributed by atoms with E-state index in [2.05, 4.69) is 81.2 Å². The summed E-state index contributed by atoms with van der Waals surface area (Å²) in [5.74, 6) is -1.53. The minimum atomic E-state index is -1.07. The monoisotopic (exact) mass is 696 g/mol. The Morgan fingerprint density at radius 3 is 2.45 bits per heavy atom. The summed E-state index contributed by atoms with van der Waals surface area (Å²) in [7, 11) is 1.37. The molecule has 0 radical (unpaired) electrons. The highest BCUT2D eigenvalue weighted by molar-refractivity contribution is 5.94. The maximum atomic E-state index is 13.5. The molecule has 0 saturated carbocycles. The van der Waals surface area contributed by atoms with Crippen molar-refractivity contribution < 1.29 is 24.2 Å². The number of carbonyl (C=O) groups excluding carboxylic acids is 2. The highest BCUT2D eigenvalue weighted by Crippen LogP contribution is 2.52. The summed E-state index contributed by atoms with van der Waals surface area (Å²) in [5, 5.41) is 19.4. The Morgan fingerprint density at radius 2 is 1.76 bits per heavy atom. The van der Waals surface area contributed by atoms with E-state index in [1.807, 2.05) is 13.0 Å². The first kappa shape index (κ1) is 36.5. The third kappa shape index (κ3) is 6.54. The lowest BCUT2D eigenvalue weighted by Gasteiger charge is -2.21. The van der Waals surface area contributed by atoms with Crippen LogP contribution in [-0.2, 0) is 31.9 Å². The summed E-state index contributed by atoms with van der Waals surface area (Å²) >= 11 is 0. The van der Waals surface area contributed by atoms with Gasteiger partial charge in [0.1, 0.15) is 12.5 Å². The van der Waals surface area contributed by atoms with Crippen LogP contribution in [-0.4, -0.2) is 40.7 Å². The number of ether oxygens (including phenoxy) is 2. The van der Waals surface area contributed by atoms with Crippen molar-refractivity contribution in [2.45, 2.75) is 106 Å². The van der Waals surface area contributed by atoms with Crippen LogP contribution in [0.5, 0.6) is 0 Å². The highest BCUT2D eigenvalue weighted by atomic mass is 16.5. The van der Waals surface area contributed by atoms with Crippen LogP contribution in [0.1, 0.15) is 125 Å². The molecular weight excluding hydrogens is 640 g/mol. The Kier molecular flexibility index (Phi) is 10.6. The molecule has 9 nitrogen and oxygen atoms in total. The number of H-pyrrole nitrogens is 2. The maximum Gasteiger partial charge on any atom is 0.316 e. The van der Waals surface area contributed by atoms with Gasteiger partial charge in [0.15, 0.2) is 0 Å². The fourth-order valence-electron chi connectivity index (χ4n) is 8.91. The molecule has 0 spiro atoms. The molecule has 5 N–H and O–H groups in total. The number of esters is 2. The van der Waals surface area contributed by atoms with Crippen LogP contribution in [0.25, 0.3) is 11.6 Å². The summed E-state index contributed by atoms with van der Waals surface area (Å²) in [6, 6.07) is 0. The van der Waals surface area contributed by atoms with E-state index in [0.717, 1.165) is 76.7 Å². The average molecular weight is 697 g/mol. The topological polar surface area (TPSA) is 128 Å². The standard InChI is InChI=1S/C42H56N4O5/c1-10-13-21(4)16-17-51-35(47)15-14-28-24(7)31-18-29-22(5)26(11-2)33(43-29)19-30-23(6)27(12-3)34(44-30)20-32-25(8)36-40(46-32)37(39(28)45-31)38(41(36)48)42(49)50-9/h16,18-19,24,26,28,38,41,43-46,48H,10-15,17,20H2,1-9H3/b21-16+,31-18-,33-19?,39-37-/t24-,26+,28-,38+,41+/m0/s1. The van der Waals surface area contributed by atoms with Gasteiger partial charge in [-0.15, -0.1) is 0 Å². The predicted octanol–water partition coefficient (Wildman–Crippen LogP) is 7.73. The van der Waals surface area contributed by atoms with Gasteiger partial charge < -0.3 is 35.2 Å². The van der Waals surface area contributed by atoms with Gasteiger partial charge in [-0.05, 0) is 93.9 Å². The molecule has 4 aliphatic rings. The molecule has 6 rings (SSSR count). The molecule has 5 atom stereocenters. The number of rotatable bonds is 10. The third-order valence-corrected chi connectivity index (χ3v) is 11.9. The normalized spacial score (nSPS) is 26.5. The number of aliphatic hydroxyl groups excluding tert-OH is 1. The van der Waals surface area contributed by atoms with Crippen molar-refractivity contribution in [1.29, 1.82) is 0 Å². The van der Waals surface area contributed by atoms with Crippen molar-refractivity contribution in [3.8, 4) is 0 Å². The number of hydrogen-bond acceptors (Lipinski definition) is 7. The van der Waals surface area contributed by atoms with E-state index in [0.29, 0.717) is 18.4 Å². The number of aliphatic hydroxyl groups is 1. The molecule has 2 aromatic rings. The van der Waals surface area contributed by atoms with Crippen molar-refractivity contribution in [3.63, 3.8) is 0 Å². The number of allylic oxidation sites excluding steroid dienone is 5. The van der Waals surface area contributed by atoms with E-state index in [-0.39, 0.29) is 36.8 Å². The van der Waals surface area contributed by atoms with Crippen molar-refractivity contribution >= 4 is 23.6 Å². The van der Waals surface area contributed by atoms with E-state index in [1.165, 1.54) is 35.1 Å². The first-order valence-electron chi connectivity index (χ1n) is 18.8. The summed E-state index contributed by atoms with van der Waals surface area (Å²) < 4.78 is 11.0. The number of fused-ring (bicyclic) bond motifs is 7. The second-order valence-corrected chi connectivity index (χ2v) is 14.9. The molecule has 51 heavy (non-hydrogen) atoms. The largest absolute Gasteiger partial charge is 0.468 e. The lowest BCUT2D eigenvalue weighted by molar-refractivity contribution is -0.146. The third-order valence-electron chi connectivity index (χ3n) is 11.9. The van der Waals surface area contributed by atoms with Crippen molar-refractivity contribution in [3.05, 3.63) is 91.1 Å². The molecule has 274 valence electrons. The predicted molar refractivity (Wildman–Crippen MR) is 201 cm³/mol. The number of hydrogen-bond donors (Lipinski definition) is 5. The molecule has 8 bridgehead atoms. The first-order valence-corrected chi connectivity index (χ1v) is 18.8. The van der Waals surface area contributed by atoms with Crippen LogP contribution in [0.4, 0.5) is 0 Å². The molecule has 0 aromatic carbocycles. The molecule has 0 unspecified atom stereocenters. The number of aromatic amines is 2. The van der Waals surface area contributed by atoms with Crippen molar-refractivity contribution in [1.82, 2.24) is 20.6 Å². The number of aromatic nitrogens is 2. The SMILES string of the molecule is CCC/C(C)=C/COC(=O)CC[C@@H]1/C2=C3/c4[nH]c(c(C)c4[C@@H](O)[C@@H]3C(=O)OC)Cc3[nH]c(c(C)c3CC)C=C3NC(=C(C)[C@H]3CC)/C=C(\N2)[C@H]1C. The zero-order chi connectivity index (χ0) is 36.7. The quantitative estimate of drug-likeness (QED) is 0.127. The molecule has 5 heterocycles. The van der Waals surface area contributed by atoms with Crippen LogP contribution < -0.4 is 10.6 Å². The van der Waals surface area contributed by atoms with Gasteiger partial charge in [-0.2, -0.15) is 0 Å². The zero-order valence-electron chi connectivity index (χ0n) is 31.9. The fraction of sp³-hybridized carbons (Fsp3) is 0.524.